The maximum Gasteiger partial charge on any atom is 0.251 e. The van der Waals surface area contributed by atoms with E-state index in [1.165, 1.54) is 0 Å². The van der Waals surface area contributed by atoms with Gasteiger partial charge in [-0.3, -0.25) is 9.59 Å². The standard InChI is InChI=1S/C21H22N4O2/c1-15-7-9-17(10-8-15)21(27)24-14-20(26)25-18(13-19-22-11-12-23-19)16-5-3-2-4-6-16/h2-12,18H,13-14H2,1H3,(H,22,23)(H,24,27)(H,25,26)/t18-/m1/s1. The van der Waals surface area contributed by atoms with Gasteiger partial charge in [0.05, 0.1) is 12.6 Å². The molecule has 1 atom stereocenters. The number of rotatable bonds is 7. The van der Waals surface area contributed by atoms with Gasteiger partial charge in [-0.1, -0.05) is 48.0 Å². The quantitative estimate of drug-likeness (QED) is 0.604. The van der Waals surface area contributed by atoms with Crippen LogP contribution in [0.1, 0.15) is 33.4 Å². The number of imidazole rings is 1. The summed E-state index contributed by atoms with van der Waals surface area (Å²) in [6.07, 6.45) is 3.97. The monoisotopic (exact) mass is 362 g/mol. The molecule has 1 heterocycles. The van der Waals surface area contributed by atoms with Crippen molar-refractivity contribution in [1.82, 2.24) is 20.6 Å². The van der Waals surface area contributed by atoms with Gasteiger partial charge in [0.2, 0.25) is 5.91 Å². The third kappa shape index (κ3) is 5.28. The normalized spacial score (nSPS) is 11.6. The third-order valence-corrected chi connectivity index (χ3v) is 4.21. The van der Waals surface area contributed by atoms with E-state index in [2.05, 4.69) is 20.6 Å². The molecule has 0 saturated heterocycles. The van der Waals surface area contributed by atoms with Gasteiger partial charge in [-0.05, 0) is 24.6 Å². The van der Waals surface area contributed by atoms with E-state index >= 15 is 0 Å². The number of amides is 2. The first-order chi connectivity index (χ1) is 13.1. The molecule has 3 aromatic rings. The number of carbonyl (C=O) groups is 2. The highest BCUT2D eigenvalue weighted by molar-refractivity contribution is 5.96. The van der Waals surface area contributed by atoms with Crippen molar-refractivity contribution in [2.24, 2.45) is 0 Å². The van der Waals surface area contributed by atoms with E-state index in [0.29, 0.717) is 12.0 Å². The second kappa shape index (κ2) is 8.80. The second-order valence-corrected chi connectivity index (χ2v) is 6.32. The number of H-pyrrole nitrogens is 1. The molecule has 3 rings (SSSR count). The fourth-order valence-electron chi connectivity index (χ4n) is 2.75. The van der Waals surface area contributed by atoms with E-state index in [1.807, 2.05) is 49.4 Å². The minimum absolute atomic E-state index is 0.0891. The summed E-state index contributed by atoms with van der Waals surface area (Å²) >= 11 is 0. The summed E-state index contributed by atoms with van der Waals surface area (Å²) in [5, 5.41) is 5.63. The predicted octanol–water partition coefficient (Wildman–Crippen LogP) is 2.55. The van der Waals surface area contributed by atoms with E-state index in [0.717, 1.165) is 17.0 Å². The van der Waals surface area contributed by atoms with Crippen molar-refractivity contribution in [1.29, 1.82) is 0 Å². The molecule has 0 aliphatic carbocycles. The van der Waals surface area contributed by atoms with Crippen LogP contribution >= 0.6 is 0 Å². The van der Waals surface area contributed by atoms with Crippen LogP contribution in [0, 0.1) is 6.92 Å². The Labute approximate surface area is 158 Å². The molecule has 0 fully saturated rings. The Morgan fingerprint density at radius 2 is 1.81 bits per heavy atom. The number of carbonyl (C=O) groups excluding carboxylic acids is 2. The summed E-state index contributed by atoms with van der Waals surface area (Å²) in [7, 11) is 0. The maximum absolute atomic E-state index is 12.4. The zero-order valence-corrected chi connectivity index (χ0v) is 15.1. The number of aromatic nitrogens is 2. The van der Waals surface area contributed by atoms with Gasteiger partial charge in [0.1, 0.15) is 5.82 Å². The van der Waals surface area contributed by atoms with Crippen molar-refractivity contribution in [3.8, 4) is 0 Å². The average Bonchev–Trinajstić information content (AvgIpc) is 3.20. The number of nitrogens with zero attached hydrogens (tertiary/aromatic N) is 1. The molecule has 0 aliphatic rings. The molecule has 0 bridgehead atoms. The zero-order chi connectivity index (χ0) is 19.1. The van der Waals surface area contributed by atoms with E-state index < -0.39 is 0 Å². The molecule has 0 saturated carbocycles. The van der Waals surface area contributed by atoms with Crippen molar-refractivity contribution < 1.29 is 9.59 Å². The highest BCUT2D eigenvalue weighted by Gasteiger charge is 2.17. The number of benzene rings is 2. The number of hydrogen-bond donors (Lipinski definition) is 3. The molecule has 1 aromatic heterocycles. The maximum atomic E-state index is 12.4. The Hall–Kier alpha value is -3.41. The SMILES string of the molecule is Cc1ccc(C(=O)NCC(=O)N[C@H](Cc2ncc[nH]2)c2ccccc2)cc1. The summed E-state index contributed by atoms with van der Waals surface area (Å²) in [4.78, 5) is 31.8. The summed E-state index contributed by atoms with van der Waals surface area (Å²) < 4.78 is 0. The lowest BCUT2D eigenvalue weighted by atomic mass is 10.0. The molecule has 3 N–H and O–H groups in total. The summed E-state index contributed by atoms with van der Waals surface area (Å²) in [6.45, 7) is 1.87. The van der Waals surface area contributed by atoms with Gasteiger partial charge in [-0.15, -0.1) is 0 Å². The average molecular weight is 362 g/mol. The number of aromatic amines is 1. The first kappa shape index (κ1) is 18.4. The Morgan fingerprint density at radius 1 is 1.07 bits per heavy atom. The first-order valence-electron chi connectivity index (χ1n) is 8.79. The van der Waals surface area contributed by atoms with Crippen LogP contribution in [0.5, 0.6) is 0 Å². The molecule has 6 heteroatoms. The Kier molecular flexibility index (Phi) is 5.99. The fourth-order valence-corrected chi connectivity index (χ4v) is 2.75. The van der Waals surface area contributed by atoms with Crippen LogP contribution in [-0.2, 0) is 11.2 Å². The smallest absolute Gasteiger partial charge is 0.251 e. The largest absolute Gasteiger partial charge is 0.349 e. The molecule has 0 aliphatic heterocycles. The molecule has 138 valence electrons. The van der Waals surface area contributed by atoms with Crippen LogP contribution in [-0.4, -0.2) is 28.3 Å². The third-order valence-electron chi connectivity index (χ3n) is 4.21. The van der Waals surface area contributed by atoms with Crippen molar-refractivity contribution in [3.05, 3.63) is 89.5 Å². The number of hydrogen-bond acceptors (Lipinski definition) is 3. The van der Waals surface area contributed by atoms with Gasteiger partial charge in [-0.2, -0.15) is 0 Å². The second-order valence-electron chi connectivity index (χ2n) is 6.32. The van der Waals surface area contributed by atoms with Gasteiger partial charge < -0.3 is 15.6 Å². The van der Waals surface area contributed by atoms with E-state index in [4.69, 9.17) is 0 Å². The highest BCUT2D eigenvalue weighted by atomic mass is 16.2. The Bertz CT molecular complexity index is 874. The molecule has 0 radical (unpaired) electrons. The molecule has 6 nitrogen and oxygen atoms in total. The van der Waals surface area contributed by atoms with Crippen molar-refractivity contribution in [2.75, 3.05) is 6.54 Å². The molecule has 0 spiro atoms. The molecular formula is C21H22N4O2. The predicted molar refractivity (Wildman–Crippen MR) is 103 cm³/mol. The summed E-state index contributed by atoms with van der Waals surface area (Å²) in [5.41, 5.74) is 2.59. The van der Waals surface area contributed by atoms with Crippen LogP contribution in [0.15, 0.2) is 67.0 Å². The van der Waals surface area contributed by atoms with Crippen LogP contribution in [0.2, 0.25) is 0 Å². The molecule has 27 heavy (non-hydrogen) atoms. The highest BCUT2D eigenvalue weighted by Crippen LogP contribution is 2.16. The molecular weight excluding hydrogens is 340 g/mol. The lowest BCUT2D eigenvalue weighted by Crippen LogP contribution is -2.39. The van der Waals surface area contributed by atoms with Crippen molar-refractivity contribution >= 4 is 11.8 Å². The van der Waals surface area contributed by atoms with E-state index in [-0.39, 0.29) is 24.4 Å². The number of aryl methyl sites for hydroxylation is 1. The van der Waals surface area contributed by atoms with Crippen LogP contribution in [0.25, 0.3) is 0 Å². The van der Waals surface area contributed by atoms with Crippen molar-refractivity contribution in [2.45, 2.75) is 19.4 Å². The molecule has 2 amide bonds. The van der Waals surface area contributed by atoms with E-state index in [9.17, 15) is 9.59 Å². The number of nitrogens with one attached hydrogen (secondary N) is 3. The van der Waals surface area contributed by atoms with Gasteiger partial charge >= 0.3 is 0 Å². The van der Waals surface area contributed by atoms with Crippen LogP contribution < -0.4 is 10.6 Å². The first-order valence-corrected chi connectivity index (χ1v) is 8.79. The van der Waals surface area contributed by atoms with Crippen LogP contribution in [0.3, 0.4) is 0 Å². The minimum Gasteiger partial charge on any atom is -0.349 e. The molecule has 2 aromatic carbocycles. The van der Waals surface area contributed by atoms with Gasteiger partial charge in [-0.25, -0.2) is 4.98 Å². The summed E-state index contributed by atoms with van der Waals surface area (Å²) in [5.74, 6) is 0.260. The zero-order valence-electron chi connectivity index (χ0n) is 15.1. The topological polar surface area (TPSA) is 86.9 Å². The minimum atomic E-state index is -0.271. The lowest BCUT2D eigenvalue weighted by Gasteiger charge is -2.18. The van der Waals surface area contributed by atoms with Crippen LogP contribution in [0.4, 0.5) is 0 Å². The van der Waals surface area contributed by atoms with E-state index in [1.54, 1.807) is 24.5 Å². The lowest BCUT2D eigenvalue weighted by molar-refractivity contribution is -0.120. The fraction of sp³-hybridized carbons (Fsp3) is 0.190. The molecule has 0 unspecified atom stereocenters. The van der Waals surface area contributed by atoms with Gasteiger partial charge in [0.25, 0.3) is 5.91 Å². The Morgan fingerprint density at radius 3 is 2.48 bits per heavy atom. The van der Waals surface area contributed by atoms with Crippen molar-refractivity contribution in [3.63, 3.8) is 0 Å². The van der Waals surface area contributed by atoms with Gasteiger partial charge in [0, 0.05) is 24.4 Å². The Balaban J connectivity index is 1.60. The summed E-state index contributed by atoms with van der Waals surface area (Å²) in [6, 6.07) is 16.7. The van der Waals surface area contributed by atoms with Gasteiger partial charge in [0.15, 0.2) is 0 Å².